The molecule has 0 spiro atoms. The van der Waals surface area contributed by atoms with Crippen molar-refractivity contribution >= 4 is 31.6 Å². The molecule has 4 rings (SSSR count). The Morgan fingerprint density at radius 3 is 2.63 bits per heavy atom. The first-order valence-corrected chi connectivity index (χ1v) is 12.3. The number of benzene rings is 2. The van der Waals surface area contributed by atoms with Crippen molar-refractivity contribution in [3.8, 4) is 33.6 Å². The number of hydrogen-bond acceptors (Lipinski definition) is 3. The summed E-state index contributed by atoms with van der Waals surface area (Å²) in [6.45, 7) is 0. The fraction of sp³-hybridized carbons (Fsp3) is 0.130. The van der Waals surface area contributed by atoms with Crippen LogP contribution in [0.3, 0.4) is 0 Å². The SMILES string of the molecule is CS(C)(C)C#Cc1cccc(-c2ncccc2-c2ccc3ncsc3c2)c1. The van der Waals surface area contributed by atoms with Gasteiger partial charge in [0.05, 0.1) is 21.4 Å². The maximum absolute atomic E-state index is 4.69. The average Bonchev–Trinajstić information content (AvgIpc) is 3.14. The van der Waals surface area contributed by atoms with Crippen molar-refractivity contribution in [2.45, 2.75) is 0 Å². The summed E-state index contributed by atoms with van der Waals surface area (Å²) in [5.41, 5.74) is 8.31. The third-order valence-corrected chi connectivity index (χ3v) is 5.59. The smallest absolute Gasteiger partial charge is 0.0812 e. The molecule has 0 unspecified atom stereocenters. The van der Waals surface area contributed by atoms with E-state index in [-0.39, 0.29) is 0 Å². The van der Waals surface area contributed by atoms with E-state index in [0.29, 0.717) is 0 Å². The number of nitrogens with zero attached hydrogens (tertiary/aromatic N) is 2. The zero-order valence-electron chi connectivity index (χ0n) is 15.6. The predicted octanol–water partition coefficient (Wildman–Crippen LogP) is 6.03. The van der Waals surface area contributed by atoms with E-state index < -0.39 is 10.0 Å². The average molecular weight is 389 g/mol. The Morgan fingerprint density at radius 2 is 1.78 bits per heavy atom. The van der Waals surface area contributed by atoms with Gasteiger partial charge in [0, 0.05) is 22.9 Å². The highest BCUT2D eigenvalue weighted by molar-refractivity contribution is 8.35. The third kappa shape index (κ3) is 4.05. The normalized spacial score (nSPS) is 11.8. The Morgan fingerprint density at radius 1 is 0.889 bits per heavy atom. The van der Waals surface area contributed by atoms with Gasteiger partial charge in [-0.3, -0.25) is 4.98 Å². The van der Waals surface area contributed by atoms with Crippen LogP contribution in [0.2, 0.25) is 0 Å². The van der Waals surface area contributed by atoms with Crippen LogP contribution in [-0.2, 0) is 0 Å². The second-order valence-electron chi connectivity index (χ2n) is 7.08. The van der Waals surface area contributed by atoms with Crippen molar-refractivity contribution in [2.75, 3.05) is 18.8 Å². The Bertz CT molecular complexity index is 1170. The molecule has 0 amide bonds. The number of fused-ring (bicyclic) bond motifs is 1. The summed E-state index contributed by atoms with van der Waals surface area (Å²) < 4.78 is 1.19. The molecule has 2 nitrogen and oxygen atoms in total. The van der Waals surface area contributed by atoms with Crippen LogP contribution < -0.4 is 0 Å². The topological polar surface area (TPSA) is 25.8 Å². The van der Waals surface area contributed by atoms with Crippen LogP contribution in [0.25, 0.3) is 32.6 Å². The lowest BCUT2D eigenvalue weighted by Crippen LogP contribution is -1.90. The Hall–Kier alpha value is -2.61. The van der Waals surface area contributed by atoms with Gasteiger partial charge in [0.2, 0.25) is 0 Å². The Balaban J connectivity index is 1.80. The molecule has 0 aliphatic rings. The molecule has 0 aliphatic carbocycles. The van der Waals surface area contributed by atoms with Gasteiger partial charge >= 0.3 is 0 Å². The van der Waals surface area contributed by atoms with E-state index in [2.05, 4.69) is 88.4 Å². The molecular formula is C23H20N2S2. The lowest BCUT2D eigenvalue weighted by Gasteiger charge is -2.15. The molecule has 2 aromatic heterocycles. The van der Waals surface area contributed by atoms with E-state index in [1.165, 1.54) is 4.70 Å². The van der Waals surface area contributed by atoms with Gasteiger partial charge in [-0.2, -0.15) is 10.0 Å². The summed E-state index contributed by atoms with van der Waals surface area (Å²) in [6.07, 6.45) is 8.46. The molecule has 134 valence electrons. The number of rotatable bonds is 2. The predicted molar refractivity (Wildman–Crippen MR) is 121 cm³/mol. The summed E-state index contributed by atoms with van der Waals surface area (Å²) in [5, 5.41) is 3.39. The van der Waals surface area contributed by atoms with E-state index in [9.17, 15) is 0 Å². The van der Waals surface area contributed by atoms with Gasteiger partial charge in [0.1, 0.15) is 0 Å². The lowest BCUT2D eigenvalue weighted by atomic mass is 9.98. The van der Waals surface area contributed by atoms with Crippen molar-refractivity contribution in [3.05, 3.63) is 71.9 Å². The van der Waals surface area contributed by atoms with E-state index in [1.54, 1.807) is 11.3 Å². The van der Waals surface area contributed by atoms with Crippen molar-refractivity contribution in [3.63, 3.8) is 0 Å². The maximum atomic E-state index is 4.69. The van der Waals surface area contributed by atoms with Crippen LogP contribution in [0.4, 0.5) is 0 Å². The van der Waals surface area contributed by atoms with Crippen LogP contribution in [-0.4, -0.2) is 28.7 Å². The lowest BCUT2D eigenvalue weighted by molar-refractivity contribution is 1.32. The molecule has 0 atom stereocenters. The number of hydrogen-bond donors (Lipinski definition) is 0. The summed E-state index contributed by atoms with van der Waals surface area (Å²) in [5.74, 6) is 3.33. The fourth-order valence-electron chi connectivity index (χ4n) is 2.85. The summed E-state index contributed by atoms with van der Waals surface area (Å²) in [6, 6.07) is 18.9. The van der Waals surface area contributed by atoms with Gasteiger partial charge < -0.3 is 0 Å². The van der Waals surface area contributed by atoms with E-state index in [1.807, 2.05) is 17.8 Å². The van der Waals surface area contributed by atoms with E-state index >= 15 is 0 Å². The zero-order valence-corrected chi connectivity index (χ0v) is 17.2. The van der Waals surface area contributed by atoms with Crippen LogP contribution in [0.5, 0.6) is 0 Å². The molecule has 27 heavy (non-hydrogen) atoms. The molecule has 0 aliphatic heterocycles. The van der Waals surface area contributed by atoms with Gasteiger partial charge in [-0.05, 0) is 59.9 Å². The van der Waals surface area contributed by atoms with E-state index in [0.717, 1.165) is 33.5 Å². The highest BCUT2D eigenvalue weighted by atomic mass is 32.3. The molecule has 0 bridgehead atoms. The minimum absolute atomic E-state index is 0.848. The maximum Gasteiger partial charge on any atom is 0.0812 e. The first-order chi connectivity index (χ1) is 13.0. The minimum Gasteiger partial charge on any atom is -0.256 e. The molecule has 0 N–H and O–H groups in total. The number of pyridine rings is 1. The van der Waals surface area contributed by atoms with Gasteiger partial charge in [0.15, 0.2) is 0 Å². The number of aromatic nitrogens is 2. The van der Waals surface area contributed by atoms with Crippen LogP contribution in [0.1, 0.15) is 5.56 Å². The first kappa shape index (κ1) is 17.8. The Kier molecular flexibility index (Phi) is 4.73. The summed E-state index contributed by atoms with van der Waals surface area (Å²) >= 11 is 1.66. The molecule has 0 fully saturated rings. The fourth-order valence-corrected chi connectivity index (χ4v) is 3.99. The van der Waals surface area contributed by atoms with E-state index in [4.69, 9.17) is 0 Å². The molecule has 0 saturated carbocycles. The monoisotopic (exact) mass is 388 g/mol. The van der Waals surface area contributed by atoms with Crippen molar-refractivity contribution in [1.29, 1.82) is 0 Å². The second-order valence-corrected chi connectivity index (χ2v) is 11.8. The van der Waals surface area contributed by atoms with Crippen LogP contribution in [0, 0.1) is 11.2 Å². The van der Waals surface area contributed by atoms with Crippen LogP contribution in [0.15, 0.2) is 66.3 Å². The largest absolute Gasteiger partial charge is 0.256 e. The molecule has 4 heteroatoms. The molecule has 4 aromatic rings. The first-order valence-electron chi connectivity index (χ1n) is 8.60. The molecule has 2 heterocycles. The third-order valence-electron chi connectivity index (χ3n) is 4.09. The molecule has 2 aromatic carbocycles. The Labute approximate surface area is 165 Å². The van der Waals surface area contributed by atoms with Gasteiger partial charge in [-0.25, -0.2) is 4.98 Å². The van der Waals surface area contributed by atoms with Crippen molar-refractivity contribution in [1.82, 2.24) is 9.97 Å². The second kappa shape index (κ2) is 7.19. The minimum atomic E-state index is -0.848. The van der Waals surface area contributed by atoms with Gasteiger partial charge in [0.25, 0.3) is 0 Å². The highest BCUT2D eigenvalue weighted by Gasteiger charge is 2.10. The molecule has 0 saturated heterocycles. The quantitative estimate of drug-likeness (QED) is 0.392. The van der Waals surface area contributed by atoms with Gasteiger partial charge in [-0.1, -0.05) is 30.2 Å². The molecule has 0 radical (unpaired) electrons. The highest BCUT2D eigenvalue weighted by Crippen LogP contribution is 2.34. The van der Waals surface area contributed by atoms with Crippen molar-refractivity contribution in [2.24, 2.45) is 0 Å². The summed E-state index contributed by atoms with van der Waals surface area (Å²) in [4.78, 5) is 9.06. The zero-order chi connectivity index (χ0) is 18.9. The molecular weight excluding hydrogens is 368 g/mol. The number of thiazole rings is 1. The standard InChI is InChI=1S/C23H20N2S2/c1-27(2,3)13-11-17-6-4-7-19(14-17)23-20(8-5-12-24-23)18-9-10-21-22(15-18)26-16-25-21/h4-10,12,14-16H,1-3H3. The van der Waals surface area contributed by atoms with Crippen molar-refractivity contribution < 1.29 is 0 Å². The van der Waals surface area contributed by atoms with Crippen LogP contribution >= 0.6 is 21.4 Å². The summed E-state index contributed by atoms with van der Waals surface area (Å²) in [7, 11) is -0.848. The van der Waals surface area contributed by atoms with Gasteiger partial charge in [-0.15, -0.1) is 11.3 Å².